The van der Waals surface area contributed by atoms with Crippen LogP contribution in [0.25, 0.3) is 0 Å². The van der Waals surface area contributed by atoms with E-state index in [0.29, 0.717) is 0 Å². The summed E-state index contributed by atoms with van der Waals surface area (Å²) >= 11 is 3.88. The largest absolute Gasteiger partial charge is 0.221 e. The minimum atomic E-state index is 0.248. The van der Waals surface area contributed by atoms with Crippen LogP contribution in [0.4, 0.5) is 0 Å². The van der Waals surface area contributed by atoms with Crippen molar-refractivity contribution < 1.29 is 0 Å². The highest BCUT2D eigenvalue weighted by atomic mass is 79.9. The summed E-state index contributed by atoms with van der Waals surface area (Å²) in [7, 11) is 2.34. The maximum Gasteiger partial charge on any atom is 0.221 e. The Hall–Kier alpha value is -0.950. The molecule has 0 fully saturated rings. The lowest BCUT2D eigenvalue weighted by Crippen LogP contribution is -2.42. The summed E-state index contributed by atoms with van der Waals surface area (Å²) in [6.07, 6.45) is 0. The summed E-state index contributed by atoms with van der Waals surface area (Å²) in [6, 6.07) is 9.04. The van der Waals surface area contributed by atoms with Gasteiger partial charge in [-0.05, 0) is 41.5 Å². The van der Waals surface area contributed by atoms with Crippen molar-refractivity contribution in [1.82, 2.24) is 0 Å². The highest BCUT2D eigenvalue weighted by molar-refractivity contribution is 9.26. The molecule has 0 unspecified atom stereocenters. The fourth-order valence-electron chi connectivity index (χ4n) is 3.31. The van der Waals surface area contributed by atoms with Crippen LogP contribution in [0.2, 0.25) is 0 Å². The first-order chi connectivity index (χ1) is 9.79. The van der Waals surface area contributed by atoms with Gasteiger partial charge in [0.25, 0.3) is 0 Å². The van der Waals surface area contributed by atoms with E-state index in [-0.39, 0.29) is 5.43 Å². The molecule has 21 heavy (non-hydrogen) atoms. The first kappa shape index (κ1) is 16.4. The Morgan fingerprint density at radius 1 is 0.714 bits per heavy atom. The second-order valence-corrected chi connectivity index (χ2v) is 7.18. The van der Waals surface area contributed by atoms with Gasteiger partial charge in [0.15, 0.2) is 0 Å². The van der Waals surface area contributed by atoms with E-state index in [1.54, 1.807) is 0 Å². The first-order valence-electron chi connectivity index (χ1n) is 7.44. The Kier molecular flexibility index (Phi) is 5.03. The number of hydrogen-bond acceptors (Lipinski definition) is 0. The highest BCUT2D eigenvalue weighted by Crippen LogP contribution is 2.11. The fraction of sp³-hybridized carbons (Fsp3) is 0.333. The van der Waals surface area contributed by atoms with Gasteiger partial charge in [-0.3, -0.25) is 0 Å². The van der Waals surface area contributed by atoms with Gasteiger partial charge in [0.05, 0.1) is 0 Å². The predicted octanol–water partition coefficient (Wildman–Crippen LogP) is 3.66. The molecule has 0 nitrogen and oxygen atoms in total. The van der Waals surface area contributed by atoms with Gasteiger partial charge in [0.2, 0.25) is 5.43 Å². The molecule has 107 valence electrons. The van der Waals surface area contributed by atoms with Crippen LogP contribution in [-0.2, 0) is 0 Å². The standard InChI is InChI=1S/C18H22B2Br/c1-11-7-13(3)17(14(4)8-11)19-20(21)18-15(5)9-12(2)10-16(18)6/h7-10H,1-6H3. The van der Waals surface area contributed by atoms with Crippen molar-refractivity contribution in [3.05, 3.63) is 57.6 Å². The minimum absolute atomic E-state index is 0.248. The topological polar surface area (TPSA) is 0 Å². The summed E-state index contributed by atoms with van der Waals surface area (Å²) < 4.78 is 0. The lowest BCUT2D eigenvalue weighted by atomic mass is 9.31. The summed E-state index contributed by atoms with van der Waals surface area (Å²) in [5.41, 5.74) is 11.0. The first-order valence-corrected chi connectivity index (χ1v) is 8.35. The lowest BCUT2D eigenvalue weighted by molar-refractivity contribution is 1.35. The van der Waals surface area contributed by atoms with Gasteiger partial charge < -0.3 is 0 Å². The molecular weight excluding hydrogens is 318 g/mol. The zero-order valence-electron chi connectivity index (χ0n) is 13.8. The van der Waals surface area contributed by atoms with E-state index in [9.17, 15) is 0 Å². The van der Waals surface area contributed by atoms with Crippen molar-refractivity contribution in [2.75, 3.05) is 0 Å². The highest BCUT2D eigenvalue weighted by Gasteiger charge is 2.21. The minimum Gasteiger partial charge on any atom is -0.160 e. The number of hydrogen-bond donors (Lipinski definition) is 0. The molecule has 0 heterocycles. The molecule has 0 aliphatic heterocycles. The van der Waals surface area contributed by atoms with Crippen LogP contribution in [0.15, 0.2) is 24.3 Å². The molecule has 0 saturated heterocycles. The Balaban J connectivity index is 2.37. The summed E-state index contributed by atoms with van der Waals surface area (Å²) in [5, 5.41) is 0. The quantitative estimate of drug-likeness (QED) is 0.749. The van der Waals surface area contributed by atoms with Crippen LogP contribution in [0.1, 0.15) is 33.4 Å². The zero-order chi connectivity index (χ0) is 15.7. The zero-order valence-corrected chi connectivity index (χ0v) is 15.4. The number of benzene rings is 2. The predicted molar refractivity (Wildman–Crippen MR) is 101 cm³/mol. The van der Waals surface area contributed by atoms with E-state index in [2.05, 4.69) is 88.7 Å². The molecule has 2 aromatic rings. The summed E-state index contributed by atoms with van der Waals surface area (Å²) in [5.74, 6) is 0. The average molecular weight is 340 g/mol. The molecule has 1 radical (unpaired) electrons. The van der Waals surface area contributed by atoms with E-state index >= 15 is 0 Å². The normalized spacial score (nSPS) is 10.6. The Morgan fingerprint density at radius 2 is 1.10 bits per heavy atom. The van der Waals surface area contributed by atoms with Crippen LogP contribution in [0.5, 0.6) is 0 Å². The van der Waals surface area contributed by atoms with E-state index < -0.39 is 0 Å². The number of halogens is 1. The molecular formula is C18H22B2Br. The summed E-state index contributed by atoms with van der Waals surface area (Å²) in [6.45, 7) is 13.1. The van der Waals surface area contributed by atoms with Gasteiger partial charge in [0, 0.05) is 0 Å². The molecule has 0 saturated carbocycles. The Morgan fingerprint density at radius 3 is 1.52 bits per heavy atom. The van der Waals surface area contributed by atoms with Crippen LogP contribution in [-0.4, -0.2) is 12.6 Å². The van der Waals surface area contributed by atoms with Gasteiger partial charge in [-0.1, -0.05) is 68.6 Å². The van der Waals surface area contributed by atoms with E-state index in [1.165, 1.54) is 44.3 Å². The molecule has 0 bridgehead atoms. The monoisotopic (exact) mass is 339 g/mol. The molecule has 3 heteroatoms. The van der Waals surface area contributed by atoms with Gasteiger partial charge in [-0.25, -0.2) is 0 Å². The molecule has 2 aromatic carbocycles. The van der Waals surface area contributed by atoms with Gasteiger partial charge in [-0.15, -0.1) is 0 Å². The van der Waals surface area contributed by atoms with Crippen molar-refractivity contribution in [3.63, 3.8) is 0 Å². The third-order valence-corrected chi connectivity index (χ3v) is 4.79. The van der Waals surface area contributed by atoms with E-state index in [1.807, 2.05) is 0 Å². The second kappa shape index (κ2) is 6.44. The average Bonchev–Trinajstić information content (AvgIpc) is 2.32. The molecule has 0 aliphatic rings. The van der Waals surface area contributed by atoms with Crippen molar-refractivity contribution in [2.45, 2.75) is 41.5 Å². The fourth-order valence-corrected chi connectivity index (χ4v) is 4.30. The Bertz CT molecular complexity index is 631. The summed E-state index contributed by atoms with van der Waals surface area (Å²) in [4.78, 5) is 0. The number of aryl methyl sites for hydroxylation is 6. The molecule has 0 aliphatic carbocycles. The van der Waals surface area contributed by atoms with Crippen LogP contribution < -0.4 is 10.9 Å². The smallest absolute Gasteiger partial charge is 0.160 e. The molecule has 0 atom stereocenters. The van der Waals surface area contributed by atoms with Crippen molar-refractivity contribution in [3.8, 4) is 0 Å². The molecule has 0 N–H and O–H groups in total. The van der Waals surface area contributed by atoms with Gasteiger partial charge in [-0.2, -0.15) is 15.8 Å². The Labute approximate surface area is 138 Å². The van der Waals surface area contributed by atoms with Crippen LogP contribution >= 0.6 is 15.8 Å². The maximum absolute atomic E-state index is 3.88. The second-order valence-electron chi connectivity index (χ2n) is 6.19. The molecule has 0 aromatic heterocycles. The van der Waals surface area contributed by atoms with Crippen LogP contribution in [0.3, 0.4) is 0 Å². The van der Waals surface area contributed by atoms with E-state index in [4.69, 9.17) is 0 Å². The van der Waals surface area contributed by atoms with Crippen LogP contribution in [0, 0.1) is 41.5 Å². The molecule has 0 spiro atoms. The molecule has 2 rings (SSSR count). The molecule has 0 amide bonds. The third-order valence-electron chi connectivity index (χ3n) is 4.06. The van der Waals surface area contributed by atoms with E-state index in [0.717, 1.165) is 0 Å². The van der Waals surface area contributed by atoms with Gasteiger partial charge >= 0.3 is 0 Å². The lowest BCUT2D eigenvalue weighted by Gasteiger charge is -2.17. The van der Waals surface area contributed by atoms with Crippen molar-refractivity contribution in [2.24, 2.45) is 0 Å². The van der Waals surface area contributed by atoms with Gasteiger partial charge in [0.1, 0.15) is 7.17 Å². The van der Waals surface area contributed by atoms with Crippen molar-refractivity contribution >= 4 is 39.3 Å². The SMILES string of the molecule is Cc1cc(C)c([B]B(Br)c2c(C)cc(C)cc2C)c(C)c1. The maximum atomic E-state index is 3.88. The number of rotatable bonds is 3. The van der Waals surface area contributed by atoms with Crippen molar-refractivity contribution in [1.29, 1.82) is 0 Å². The third kappa shape index (κ3) is 3.63.